The zero-order chi connectivity index (χ0) is 20.9. The predicted molar refractivity (Wildman–Crippen MR) is 119 cm³/mol. The lowest BCUT2D eigenvalue weighted by Gasteiger charge is -2.08. The number of ether oxygens (including phenoxy) is 1. The van der Waals surface area contributed by atoms with Crippen molar-refractivity contribution in [3.63, 3.8) is 0 Å². The van der Waals surface area contributed by atoms with Gasteiger partial charge >= 0.3 is 0 Å². The Labute approximate surface area is 182 Å². The second-order valence-electron chi connectivity index (χ2n) is 6.41. The van der Waals surface area contributed by atoms with E-state index >= 15 is 0 Å². The van der Waals surface area contributed by atoms with Crippen molar-refractivity contribution >= 4 is 46.2 Å². The van der Waals surface area contributed by atoms with Crippen molar-refractivity contribution in [2.45, 2.75) is 6.61 Å². The minimum Gasteiger partial charge on any atom is -0.489 e. The standard InChI is InChI=1S/C23H16ClFN2O2S/c24-20-4-2-1-3-16(20)14-29-19-11-5-15(6-12-19)13-21-22(28)27-23(30-21)26-18-9-7-17(25)8-10-18/h1-13H,14H2,(H,26,27,28). The van der Waals surface area contributed by atoms with E-state index in [9.17, 15) is 9.18 Å². The molecular weight excluding hydrogens is 423 g/mol. The van der Waals surface area contributed by atoms with Gasteiger partial charge in [-0.25, -0.2) is 9.38 Å². The number of halogens is 2. The first-order valence-electron chi connectivity index (χ1n) is 9.08. The molecule has 4 nitrogen and oxygen atoms in total. The molecule has 4 rings (SSSR count). The van der Waals surface area contributed by atoms with Gasteiger partial charge < -0.3 is 10.1 Å². The second-order valence-corrected chi connectivity index (χ2v) is 7.85. The van der Waals surface area contributed by atoms with Crippen molar-refractivity contribution in [1.29, 1.82) is 0 Å². The fraction of sp³-hybridized carbons (Fsp3) is 0.0435. The third-order valence-corrected chi connectivity index (χ3v) is 5.52. The van der Waals surface area contributed by atoms with Crippen molar-refractivity contribution in [3.05, 3.63) is 99.7 Å². The molecule has 1 amide bonds. The summed E-state index contributed by atoms with van der Waals surface area (Å²) in [6.07, 6.45) is 1.78. The van der Waals surface area contributed by atoms with Crippen molar-refractivity contribution in [1.82, 2.24) is 5.32 Å². The molecule has 30 heavy (non-hydrogen) atoms. The normalized spacial score (nSPS) is 16.1. The van der Waals surface area contributed by atoms with Crippen molar-refractivity contribution < 1.29 is 13.9 Å². The predicted octanol–water partition coefficient (Wildman–Crippen LogP) is 5.95. The fourth-order valence-corrected chi connectivity index (χ4v) is 3.73. The van der Waals surface area contributed by atoms with Gasteiger partial charge in [0, 0.05) is 10.6 Å². The van der Waals surface area contributed by atoms with Gasteiger partial charge in [-0.15, -0.1) is 0 Å². The summed E-state index contributed by atoms with van der Waals surface area (Å²) in [5, 5.41) is 3.84. The molecule has 0 aliphatic carbocycles. The number of nitrogens with zero attached hydrogens (tertiary/aromatic N) is 1. The van der Waals surface area contributed by atoms with Gasteiger partial charge in [0.25, 0.3) is 5.91 Å². The van der Waals surface area contributed by atoms with E-state index in [0.717, 1.165) is 11.1 Å². The van der Waals surface area contributed by atoms with Gasteiger partial charge in [-0.05, 0) is 65.9 Å². The molecule has 0 radical (unpaired) electrons. The van der Waals surface area contributed by atoms with E-state index in [1.54, 1.807) is 18.2 Å². The highest BCUT2D eigenvalue weighted by Crippen LogP contribution is 2.28. The van der Waals surface area contributed by atoms with Gasteiger partial charge in [0.2, 0.25) is 0 Å². The number of benzene rings is 3. The third-order valence-electron chi connectivity index (χ3n) is 4.24. The summed E-state index contributed by atoms with van der Waals surface area (Å²) in [7, 11) is 0. The van der Waals surface area contributed by atoms with Gasteiger partial charge in [-0.2, -0.15) is 0 Å². The molecule has 0 aromatic heterocycles. The number of carbonyl (C=O) groups is 1. The van der Waals surface area contributed by atoms with Gasteiger partial charge in [0.05, 0.1) is 10.6 Å². The van der Waals surface area contributed by atoms with Crippen LogP contribution in [0.1, 0.15) is 11.1 Å². The van der Waals surface area contributed by atoms with E-state index in [1.807, 2.05) is 48.5 Å². The number of thioether (sulfide) groups is 1. The molecule has 1 saturated heterocycles. The zero-order valence-corrected chi connectivity index (χ0v) is 17.2. The van der Waals surface area contributed by atoms with Crippen LogP contribution in [0, 0.1) is 5.82 Å². The monoisotopic (exact) mass is 438 g/mol. The van der Waals surface area contributed by atoms with Crippen LogP contribution in [0.3, 0.4) is 0 Å². The van der Waals surface area contributed by atoms with Crippen LogP contribution in [-0.4, -0.2) is 11.1 Å². The number of aliphatic imine (C=N–C) groups is 1. The average Bonchev–Trinajstić information content (AvgIpc) is 3.09. The molecule has 1 fully saturated rings. The number of hydrogen-bond donors (Lipinski definition) is 1. The average molecular weight is 439 g/mol. The molecule has 1 heterocycles. The number of nitrogens with one attached hydrogen (secondary N) is 1. The molecule has 0 saturated carbocycles. The topological polar surface area (TPSA) is 50.7 Å². The summed E-state index contributed by atoms with van der Waals surface area (Å²) in [6, 6.07) is 20.7. The minimum absolute atomic E-state index is 0.222. The summed E-state index contributed by atoms with van der Waals surface area (Å²) < 4.78 is 18.8. The SMILES string of the molecule is O=C1NC(=Nc2ccc(F)cc2)SC1=Cc1ccc(OCc2ccccc2Cl)cc1. The summed E-state index contributed by atoms with van der Waals surface area (Å²) in [4.78, 5) is 17.1. The van der Waals surface area contributed by atoms with Gasteiger partial charge in [0.15, 0.2) is 5.17 Å². The number of amides is 1. The maximum Gasteiger partial charge on any atom is 0.264 e. The first-order chi connectivity index (χ1) is 14.6. The van der Waals surface area contributed by atoms with Crippen LogP contribution in [0.4, 0.5) is 10.1 Å². The number of carbonyl (C=O) groups excluding carboxylic acids is 1. The molecule has 0 bridgehead atoms. The van der Waals surface area contributed by atoms with E-state index < -0.39 is 0 Å². The number of rotatable bonds is 5. The Hall–Kier alpha value is -3.09. The van der Waals surface area contributed by atoms with Crippen LogP contribution >= 0.6 is 23.4 Å². The van der Waals surface area contributed by atoms with Crippen LogP contribution in [0.25, 0.3) is 6.08 Å². The van der Waals surface area contributed by atoms with Gasteiger partial charge in [-0.3, -0.25) is 4.79 Å². The molecule has 0 spiro atoms. The highest BCUT2D eigenvalue weighted by atomic mass is 35.5. The molecule has 0 atom stereocenters. The molecule has 3 aromatic carbocycles. The molecular formula is C23H16ClFN2O2S. The lowest BCUT2D eigenvalue weighted by molar-refractivity contribution is -0.115. The fourth-order valence-electron chi connectivity index (χ4n) is 2.70. The number of amidine groups is 1. The van der Waals surface area contributed by atoms with Crippen LogP contribution < -0.4 is 10.1 Å². The highest BCUT2D eigenvalue weighted by Gasteiger charge is 2.23. The van der Waals surface area contributed by atoms with Crippen molar-refractivity contribution in [2.75, 3.05) is 0 Å². The maximum absolute atomic E-state index is 13.0. The Kier molecular flexibility index (Phi) is 6.16. The quantitative estimate of drug-likeness (QED) is 0.501. The Morgan fingerprint density at radius 2 is 1.77 bits per heavy atom. The van der Waals surface area contributed by atoms with Gasteiger partial charge in [-0.1, -0.05) is 41.9 Å². The molecule has 3 aromatic rings. The lowest BCUT2D eigenvalue weighted by Crippen LogP contribution is -2.19. The van der Waals surface area contributed by atoms with Crippen LogP contribution in [0.2, 0.25) is 5.02 Å². The maximum atomic E-state index is 13.0. The van der Waals surface area contributed by atoms with Crippen LogP contribution in [0.5, 0.6) is 5.75 Å². The Morgan fingerprint density at radius 3 is 2.50 bits per heavy atom. The van der Waals surface area contributed by atoms with E-state index in [2.05, 4.69) is 10.3 Å². The molecule has 1 aliphatic heterocycles. The van der Waals surface area contributed by atoms with E-state index in [0.29, 0.717) is 33.1 Å². The van der Waals surface area contributed by atoms with E-state index in [1.165, 1.54) is 23.9 Å². The molecule has 1 N–H and O–H groups in total. The summed E-state index contributed by atoms with van der Waals surface area (Å²) in [5.41, 5.74) is 2.35. The highest BCUT2D eigenvalue weighted by molar-refractivity contribution is 8.18. The second kappa shape index (κ2) is 9.15. The van der Waals surface area contributed by atoms with E-state index in [4.69, 9.17) is 16.3 Å². The van der Waals surface area contributed by atoms with Crippen LogP contribution in [-0.2, 0) is 11.4 Å². The van der Waals surface area contributed by atoms with Crippen molar-refractivity contribution in [3.8, 4) is 5.75 Å². The molecule has 150 valence electrons. The Bertz CT molecular complexity index is 1130. The Morgan fingerprint density at radius 1 is 1.03 bits per heavy atom. The third kappa shape index (κ3) is 5.09. The summed E-state index contributed by atoms with van der Waals surface area (Å²) in [5.74, 6) is 0.154. The summed E-state index contributed by atoms with van der Waals surface area (Å²) in [6.45, 7) is 0.377. The van der Waals surface area contributed by atoms with Crippen molar-refractivity contribution in [2.24, 2.45) is 4.99 Å². The summed E-state index contributed by atoms with van der Waals surface area (Å²) >= 11 is 7.38. The molecule has 0 unspecified atom stereocenters. The number of hydrogen-bond acceptors (Lipinski definition) is 4. The largest absolute Gasteiger partial charge is 0.489 e. The zero-order valence-electron chi connectivity index (χ0n) is 15.6. The smallest absolute Gasteiger partial charge is 0.264 e. The lowest BCUT2D eigenvalue weighted by atomic mass is 10.2. The van der Waals surface area contributed by atoms with Crippen LogP contribution in [0.15, 0.2) is 82.7 Å². The molecule has 1 aliphatic rings. The van der Waals surface area contributed by atoms with Gasteiger partial charge in [0.1, 0.15) is 18.2 Å². The van der Waals surface area contributed by atoms with E-state index in [-0.39, 0.29) is 11.7 Å². The Balaban J connectivity index is 1.41. The minimum atomic E-state index is -0.332. The first-order valence-corrected chi connectivity index (χ1v) is 10.3. The first kappa shape index (κ1) is 20.2. The molecule has 7 heteroatoms.